The Labute approximate surface area is 135 Å². The van der Waals surface area contributed by atoms with Crippen LogP contribution in [0, 0.1) is 0 Å². The zero-order valence-corrected chi connectivity index (χ0v) is 13.6. The van der Waals surface area contributed by atoms with E-state index in [0.717, 1.165) is 36.2 Å². The fourth-order valence-electron chi connectivity index (χ4n) is 3.09. The van der Waals surface area contributed by atoms with Crippen LogP contribution in [0.5, 0.6) is 0 Å². The van der Waals surface area contributed by atoms with Crippen LogP contribution >= 0.6 is 0 Å². The number of hydrogen-bond acceptors (Lipinski definition) is 5. The number of fused-ring (bicyclic) bond motifs is 1. The molecule has 6 heteroatoms. The molecule has 0 aliphatic carbocycles. The van der Waals surface area contributed by atoms with Crippen LogP contribution in [0.15, 0.2) is 23.0 Å². The van der Waals surface area contributed by atoms with Gasteiger partial charge >= 0.3 is 0 Å². The Balaban J connectivity index is 1.93. The van der Waals surface area contributed by atoms with Crippen LogP contribution < -0.4 is 5.56 Å². The van der Waals surface area contributed by atoms with Crippen molar-refractivity contribution in [3.05, 3.63) is 39.9 Å². The topological polar surface area (TPSA) is 78.5 Å². The Morgan fingerprint density at radius 3 is 3.00 bits per heavy atom. The van der Waals surface area contributed by atoms with Gasteiger partial charge in [-0.25, -0.2) is 0 Å². The van der Waals surface area contributed by atoms with E-state index >= 15 is 0 Å². The number of aromatic amines is 1. The van der Waals surface area contributed by atoms with Crippen LogP contribution in [0.4, 0.5) is 0 Å². The van der Waals surface area contributed by atoms with Gasteiger partial charge in [0.1, 0.15) is 11.9 Å². The van der Waals surface area contributed by atoms with Gasteiger partial charge in [-0.1, -0.05) is 19.4 Å². The first kappa shape index (κ1) is 16.1. The van der Waals surface area contributed by atoms with E-state index in [1.54, 1.807) is 5.06 Å². The lowest BCUT2D eigenvalue weighted by Gasteiger charge is -2.18. The third-order valence-electron chi connectivity index (χ3n) is 4.39. The number of H-pyrrole nitrogens is 1. The molecule has 1 aromatic heterocycles. The van der Waals surface area contributed by atoms with Crippen molar-refractivity contribution < 1.29 is 9.94 Å². The van der Waals surface area contributed by atoms with Gasteiger partial charge in [0.15, 0.2) is 0 Å². The standard InChI is InChI=1S/C17H23N3O3/c1-3-4-5-16-18-14-7-6-11(8-13(14)17(22)19-16)15-9-12(10-21)23-20(15)2/h6-8,12,15,21H,3-5,9-10H2,1-2H3,(H,18,19,22). The van der Waals surface area contributed by atoms with E-state index in [1.165, 1.54) is 0 Å². The molecule has 1 aromatic carbocycles. The summed E-state index contributed by atoms with van der Waals surface area (Å²) in [7, 11) is 1.85. The average molecular weight is 317 g/mol. The highest BCUT2D eigenvalue weighted by Crippen LogP contribution is 2.33. The van der Waals surface area contributed by atoms with Gasteiger partial charge in [0.25, 0.3) is 5.56 Å². The second-order valence-corrected chi connectivity index (χ2v) is 6.10. The third-order valence-corrected chi connectivity index (χ3v) is 4.39. The van der Waals surface area contributed by atoms with Gasteiger partial charge < -0.3 is 10.1 Å². The number of aliphatic hydroxyl groups is 1. The Morgan fingerprint density at radius 1 is 1.48 bits per heavy atom. The Kier molecular flexibility index (Phi) is 4.75. The summed E-state index contributed by atoms with van der Waals surface area (Å²) >= 11 is 0. The van der Waals surface area contributed by atoms with E-state index in [9.17, 15) is 9.90 Å². The second kappa shape index (κ2) is 6.78. The first-order chi connectivity index (χ1) is 11.1. The zero-order chi connectivity index (χ0) is 16.4. The number of aryl methyl sites for hydroxylation is 1. The van der Waals surface area contributed by atoms with Gasteiger partial charge in [0.2, 0.25) is 0 Å². The van der Waals surface area contributed by atoms with E-state index in [2.05, 4.69) is 16.9 Å². The van der Waals surface area contributed by atoms with Crippen LogP contribution in [0.1, 0.15) is 43.6 Å². The van der Waals surface area contributed by atoms with Gasteiger partial charge in [-0.3, -0.25) is 9.63 Å². The molecular weight excluding hydrogens is 294 g/mol. The lowest BCUT2D eigenvalue weighted by atomic mass is 10.0. The summed E-state index contributed by atoms with van der Waals surface area (Å²) in [5.41, 5.74) is 1.64. The monoisotopic (exact) mass is 317 g/mol. The van der Waals surface area contributed by atoms with Crippen LogP contribution in [0.3, 0.4) is 0 Å². The van der Waals surface area contributed by atoms with Crippen molar-refractivity contribution in [1.82, 2.24) is 15.0 Å². The number of rotatable bonds is 5. The minimum Gasteiger partial charge on any atom is -0.394 e. The molecule has 1 aliphatic heterocycles. The highest BCUT2D eigenvalue weighted by Gasteiger charge is 2.31. The highest BCUT2D eigenvalue weighted by atomic mass is 16.7. The predicted molar refractivity (Wildman–Crippen MR) is 88.1 cm³/mol. The SMILES string of the molecule is CCCCc1nc(=O)c2cc(C3CC(CO)ON3C)ccc2[nH]1. The smallest absolute Gasteiger partial charge is 0.280 e. The maximum Gasteiger partial charge on any atom is 0.280 e. The molecule has 2 aromatic rings. The molecule has 2 atom stereocenters. The molecule has 0 bridgehead atoms. The van der Waals surface area contributed by atoms with Crippen LogP contribution in [-0.2, 0) is 11.3 Å². The van der Waals surface area contributed by atoms with E-state index in [1.807, 2.05) is 25.2 Å². The first-order valence-corrected chi connectivity index (χ1v) is 8.15. The molecule has 1 fully saturated rings. The summed E-state index contributed by atoms with van der Waals surface area (Å²) in [6.45, 7) is 2.11. The van der Waals surface area contributed by atoms with E-state index < -0.39 is 0 Å². The van der Waals surface area contributed by atoms with Gasteiger partial charge in [0, 0.05) is 13.5 Å². The first-order valence-electron chi connectivity index (χ1n) is 8.15. The van der Waals surface area contributed by atoms with Gasteiger partial charge in [0.05, 0.1) is 23.6 Å². The number of hydrogen-bond donors (Lipinski definition) is 2. The quantitative estimate of drug-likeness (QED) is 0.881. The minimum atomic E-state index is -0.188. The number of aromatic nitrogens is 2. The predicted octanol–water partition coefficient (Wildman–Crippen LogP) is 1.93. The molecular formula is C17H23N3O3. The Hall–Kier alpha value is -1.76. The molecule has 0 radical (unpaired) electrons. The molecule has 0 saturated carbocycles. The minimum absolute atomic E-state index is 0.00263. The van der Waals surface area contributed by atoms with E-state index in [-0.39, 0.29) is 24.3 Å². The lowest BCUT2D eigenvalue weighted by molar-refractivity contribution is -0.153. The van der Waals surface area contributed by atoms with Crippen molar-refractivity contribution in [2.75, 3.05) is 13.7 Å². The third kappa shape index (κ3) is 3.29. The number of hydroxylamine groups is 2. The maximum atomic E-state index is 12.3. The van der Waals surface area contributed by atoms with Crippen LogP contribution in [0.25, 0.3) is 10.9 Å². The van der Waals surface area contributed by atoms with Crippen molar-refractivity contribution in [2.24, 2.45) is 0 Å². The fourth-order valence-corrected chi connectivity index (χ4v) is 3.09. The molecule has 2 heterocycles. The molecule has 2 unspecified atom stereocenters. The zero-order valence-electron chi connectivity index (χ0n) is 13.6. The van der Waals surface area contributed by atoms with E-state index in [0.29, 0.717) is 11.8 Å². The molecule has 1 saturated heterocycles. The normalized spacial score (nSPS) is 22.0. The van der Waals surface area contributed by atoms with Gasteiger partial charge in [-0.15, -0.1) is 0 Å². The lowest BCUT2D eigenvalue weighted by Crippen LogP contribution is -2.18. The fraction of sp³-hybridized carbons (Fsp3) is 0.529. The number of benzene rings is 1. The number of aliphatic hydroxyl groups excluding tert-OH is 1. The molecule has 0 amide bonds. The molecule has 3 rings (SSSR count). The Bertz CT molecular complexity index is 743. The van der Waals surface area contributed by atoms with Gasteiger partial charge in [-0.05, 0) is 30.5 Å². The molecule has 1 aliphatic rings. The summed E-state index contributed by atoms with van der Waals surface area (Å²) in [6, 6.07) is 5.86. The second-order valence-electron chi connectivity index (χ2n) is 6.10. The molecule has 124 valence electrons. The van der Waals surface area contributed by atoms with E-state index in [4.69, 9.17) is 4.84 Å². The Morgan fingerprint density at radius 2 is 2.30 bits per heavy atom. The summed E-state index contributed by atoms with van der Waals surface area (Å²) in [6.07, 6.45) is 3.40. The maximum absolute atomic E-state index is 12.3. The highest BCUT2D eigenvalue weighted by molar-refractivity contribution is 5.78. The summed E-state index contributed by atoms with van der Waals surface area (Å²) in [4.78, 5) is 25.3. The number of nitrogens with one attached hydrogen (secondary N) is 1. The van der Waals surface area contributed by atoms with Gasteiger partial charge in [-0.2, -0.15) is 10.0 Å². The summed E-state index contributed by atoms with van der Waals surface area (Å²) in [5.74, 6) is 0.749. The van der Waals surface area contributed by atoms with Crippen molar-refractivity contribution in [1.29, 1.82) is 0 Å². The largest absolute Gasteiger partial charge is 0.394 e. The van der Waals surface area contributed by atoms with Crippen LogP contribution in [-0.4, -0.2) is 39.9 Å². The molecule has 23 heavy (non-hydrogen) atoms. The summed E-state index contributed by atoms with van der Waals surface area (Å²) < 4.78 is 0. The van der Waals surface area contributed by atoms with Crippen LogP contribution in [0.2, 0.25) is 0 Å². The molecule has 0 spiro atoms. The molecule has 6 nitrogen and oxygen atoms in total. The van der Waals surface area contributed by atoms with Crippen molar-refractivity contribution in [3.63, 3.8) is 0 Å². The number of unbranched alkanes of at least 4 members (excludes halogenated alkanes) is 1. The average Bonchev–Trinajstić information content (AvgIpc) is 2.94. The van der Waals surface area contributed by atoms with Crippen molar-refractivity contribution in [2.45, 2.75) is 44.8 Å². The summed E-state index contributed by atoms with van der Waals surface area (Å²) in [5, 5.41) is 11.6. The van der Waals surface area contributed by atoms with Crippen molar-refractivity contribution in [3.8, 4) is 0 Å². The number of nitrogens with zero attached hydrogens (tertiary/aromatic N) is 2. The molecule has 2 N–H and O–H groups in total. The van der Waals surface area contributed by atoms with Crippen molar-refractivity contribution >= 4 is 10.9 Å².